The number of hydrogen-bond acceptors (Lipinski definition) is 4. The fourth-order valence-corrected chi connectivity index (χ4v) is 4.66. The maximum atomic E-state index is 4.86. The van der Waals surface area contributed by atoms with Crippen molar-refractivity contribution in [2.24, 2.45) is 0 Å². The highest BCUT2D eigenvalue weighted by atomic mass is 15.1. The Bertz CT molecular complexity index is 1580. The van der Waals surface area contributed by atoms with Crippen LogP contribution in [0.4, 0.5) is 11.4 Å². The predicted molar refractivity (Wildman–Crippen MR) is 153 cm³/mol. The van der Waals surface area contributed by atoms with Crippen LogP contribution in [0, 0.1) is 0 Å². The quantitative estimate of drug-likeness (QED) is 0.242. The Morgan fingerprint density at radius 1 is 0.486 bits per heavy atom. The third kappa shape index (κ3) is 4.57. The molecule has 5 aromatic carbocycles. The second-order valence-electron chi connectivity index (χ2n) is 8.83. The molecule has 6 rings (SSSR count). The third-order valence-electron chi connectivity index (χ3n) is 6.51. The molecule has 0 aliphatic rings. The van der Waals surface area contributed by atoms with Crippen LogP contribution in [0.15, 0.2) is 127 Å². The van der Waals surface area contributed by atoms with Crippen molar-refractivity contribution in [3.05, 3.63) is 127 Å². The highest BCUT2D eigenvalue weighted by Crippen LogP contribution is 2.33. The molecule has 0 fully saturated rings. The van der Waals surface area contributed by atoms with Crippen LogP contribution in [0.25, 0.3) is 44.9 Å². The first-order valence-corrected chi connectivity index (χ1v) is 12.5. The second-order valence-corrected chi connectivity index (χ2v) is 8.83. The van der Waals surface area contributed by atoms with Gasteiger partial charge >= 0.3 is 0 Å². The normalized spacial score (nSPS) is 10.9. The second kappa shape index (κ2) is 10.0. The Morgan fingerprint density at radius 3 is 1.54 bits per heavy atom. The highest BCUT2D eigenvalue weighted by molar-refractivity contribution is 5.96. The summed E-state index contributed by atoms with van der Waals surface area (Å²) in [7, 11) is 0. The summed E-state index contributed by atoms with van der Waals surface area (Å²) in [6, 6.07) is 43.6. The van der Waals surface area contributed by atoms with Gasteiger partial charge < -0.3 is 4.90 Å². The summed E-state index contributed by atoms with van der Waals surface area (Å²) in [5.74, 6) is 1.99. The minimum atomic E-state index is 0.660. The number of aromatic nitrogens is 3. The highest BCUT2D eigenvalue weighted by Gasteiger charge is 2.14. The van der Waals surface area contributed by atoms with Gasteiger partial charge in [-0.3, -0.25) is 0 Å². The van der Waals surface area contributed by atoms with Gasteiger partial charge in [0.15, 0.2) is 17.5 Å². The first kappa shape index (κ1) is 22.6. The molecular formula is C33H26N4. The lowest BCUT2D eigenvalue weighted by Crippen LogP contribution is -2.16. The lowest BCUT2D eigenvalue weighted by molar-refractivity contribution is 1.03. The van der Waals surface area contributed by atoms with Crippen molar-refractivity contribution >= 4 is 22.1 Å². The number of fused-ring (bicyclic) bond motifs is 1. The Hall–Kier alpha value is -4.83. The van der Waals surface area contributed by atoms with E-state index >= 15 is 0 Å². The van der Waals surface area contributed by atoms with E-state index in [4.69, 9.17) is 15.0 Å². The molecule has 0 radical (unpaired) electrons. The van der Waals surface area contributed by atoms with Crippen molar-refractivity contribution in [3.63, 3.8) is 0 Å². The molecule has 0 aliphatic heterocycles. The average molecular weight is 479 g/mol. The molecule has 0 bridgehead atoms. The zero-order chi connectivity index (χ0) is 25.0. The van der Waals surface area contributed by atoms with E-state index in [1.165, 1.54) is 16.5 Å². The Morgan fingerprint density at radius 2 is 0.973 bits per heavy atom. The van der Waals surface area contributed by atoms with E-state index in [0.29, 0.717) is 17.5 Å². The summed E-state index contributed by atoms with van der Waals surface area (Å²) >= 11 is 0. The first-order valence-electron chi connectivity index (χ1n) is 12.5. The number of benzene rings is 5. The molecule has 6 aromatic rings. The molecule has 1 aromatic heterocycles. The zero-order valence-electron chi connectivity index (χ0n) is 20.6. The van der Waals surface area contributed by atoms with Gasteiger partial charge in [0.1, 0.15) is 0 Å². The van der Waals surface area contributed by atoms with Crippen LogP contribution in [0.3, 0.4) is 0 Å². The van der Waals surface area contributed by atoms with Crippen molar-refractivity contribution in [1.29, 1.82) is 0 Å². The van der Waals surface area contributed by atoms with Gasteiger partial charge in [-0.25, -0.2) is 15.0 Å². The molecule has 0 unspecified atom stereocenters. The number of anilines is 2. The Kier molecular flexibility index (Phi) is 6.14. The molecule has 0 saturated heterocycles. The average Bonchev–Trinajstić information content (AvgIpc) is 2.99. The van der Waals surface area contributed by atoms with Crippen molar-refractivity contribution in [2.45, 2.75) is 6.92 Å². The number of hydrogen-bond donors (Lipinski definition) is 0. The van der Waals surface area contributed by atoms with Crippen LogP contribution in [0.5, 0.6) is 0 Å². The summed E-state index contributed by atoms with van der Waals surface area (Å²) in [5.41, 5.74) is 5.21. The van der Waals surface area contributed by atoms with Crippen molar-refractivity contribution in [2.75, 3.05) is 11.4 Å². The summed E-state index contributed by atoms with van der Waals surface area (Å²) in [6.07, 6.45) is 0. The van der Waals surface area contributed by atoms with E-state index in [0.717, 1.165) is 28.9 Å². The molecule has 0 atom stereocenters. The van der Waals surface area contributed by atoms with Crippen LogP contribution >= 0.6 is 0 Å². The summed E-state index contributed by atoms with van der Waals surface area (Å²) in [6.45, 7) is 3.04. The van der Waals surface area contributed by atoms with Crippen LogP contribution < -0.4 is 4.90 Å². The van der Waals surface area contributed by atoms with Gasteiger partial charge in [-0.15, -0.1) is 0 Å². The van der Waals surface area contributed by atoms with E-state index < -0.39 is 0 Å². The lowest BCUT2D eigenvalue weighted by Gasteiger charge is -2.25. The van der Waals surface area contributed by atoms with E-state index in [1.54, 1.807) is 0 Å². The molecule has 0 N–H and O–H groups in total. The maximum absolute atomic E-state index is 4.86. The molecule has 0 aliphatic carbocycles. The van der Waals surface area contributed by atoms with Crippen LogP contribution in [0.1, 0.15) is 6.92 Å². The first-order chi connectivity index (χ1) is 18.3. The molecule has 1 heterocycles. The Labute approximate surface area is 216 Å². The van der Waals surface area contributed by atoms with Gasteiger partial charge in [0.25, 0.3) is 0 Å². The van der Waals surface area contributed by atoms with E-state index in [9.17, 15) is 0 Å². The standard InChI is InChI=1S/C33H26N4/c1-2-37(30-19-11-17-24-12-9-10-18-29(24)30)28-22-20-27(21-23-28)33-35-31(25-13-5-3-6-14-25)34-32(36-33)26-15-7-4-8-16-26/h3-23H,2H2,1H3. The maximum Gasteiger partial charge on any atom is 0.164 e. The molecule has 0 saturated carbocycles. The van der Waals surface area contributed by atoms with Gasteiger partial charge in [0.05, 0.1) is 0 Å². The molecule has 0 amide bonds. The SMILES string of the molecule is CCN(c1ccc(-c2nc(-c3ccccc3)nc(-c3ccccc3)n2)cc1)c1cccc2ccccc12. The smallest absolute Gasteiger partial charge is 0.164 e. The monoisotopic (exact) mass is 478 g/mol. The molecular weight excluding hydrogens is 452 g/mol. The van der Waals surface area contributed by atoms with Crippen LogP contribution in [-0.4, -0.2) is 21.5 Å². The van der Waals surface area contributed by atoms with E-state index in [1.807, 2.05) is 60.7 Å². The molecule has 4 nitrogen and oxygen atoms in total. The van der Waals surface area contributed by atoms with E-state index in [2.05, 4.69) is 78.6 Å². The number of rotatable bonds is 6. The molecule has 4 heteroatoms. The van der Waals surface area contributed by atoms with Crippen molar-refractivity contribution in [1.82, 2.24) is 15.0 Å². The number of nitrogens with zero attached hydrogens (tertiary/aromatic N) is 4. The van der Waals surface area contributed by atoms with Gasteiger partial charge in [-0.1, -0.05) is 97.1 Å². The minimum absolute atomic E-state index is 0.660. The zero-order valence-corrected chi connectivity index (χ0v) is 20.6. The Balaban J connectivity index is 1.41. The van der Waals surface area contributed by atoms with Gasteiger partial charge in [-0.2, -0.15) is 0 Å². The van der Waals surface area contributed by atoms with Crippen LogP contribution in [0.2, 0.25) is 0 Å². The molecule has 37 heavy (non-hydrogen) atoms. The van der Waals surface area contributed by atoms with Crippen molar-refractivity contribution in [3.8, 4) is 34.2 Å². The molecule has 178 valence electrons. The summed E-state index contributed by atoms with van der Waals surface area (Å²) < 4.78 is 0. The topological polar surface area (TPSA) is 41.9 Å². The van der Waals surface area contributed by atoms with E-state index in [-0.39, 0.29) is 0 Å². The fraction of sp³-hybridized carbons (Fsp3) is 0.0606. The fourth-order valence-electron chi connectivity index (χ4n) is 4.66. The molecule has 0 spiro atoms. The lowest BCUT2D eigenvalue weighted by atomic mass is 10.1. The van der Waals surface area contributed by atoms with Crippen LogP contribution in [-0.2, 0) is 0 Å². The van der Waals surface area contributed by atoms with Gasteiger partial charge in [0, 0.05) is 40.0 Å². The summed E-state index contributed by atoms with van der Waals surface area (Å²) in [5, 5.41) is 2.48. The van der Waals surface area contributed by atoms with Gasteiger partial charge in [0.2, 0.25) is 0 Å². The minimum Gasteiger partial charge on any atom is -0.341 e. The predicted octanol–water partition coefficient (Wildman–Crippen LogP) is 8.18. The van der Waals surface area contributed by atoms with Crippen molar-refractivity contribution < 1.29 is 0 Å². The van der Waals surface area contributed by atoms with Gasteiger partial charge in [-0.05, 0) is 42.6 Å². The summed E-state index contributed by atoms with van der Waals surface area (Å²) in [4.78, 5) is 16.8. The largest absolute Gasteiger partial charge is 0.341 e. The third-order valence-corrected chi connectivity index (χ3v) is 6.51.